The molecule has 1 rings (SSSR count). The second-order valence-electron chi connectivity index (χ2n) is 4.16. The highest BCUT2D eigenvalue weighted by molar-refractivity contribution is 5.37. The molecule has 0 fully saturated rings. The largest absolute Gasteiger partial charge is 0.487 e. The molecule has 3 heteroatoms. The van der Waals surface area contributed by atoms with Crippen LogP contribution in [0.5, 0.6) is 5.75 Å². The molecule has 0 saturated carbocycles. The number of ether oxygens (including phenoxy) is 1. The molecule has 1 unspecified atom stereocenters. The van der Waals surface area contributed by atoms with E-state index in [4.69, 9.17) is 10.5 Å². The van der Waals surface area contributed by atoms with Crippen LogP contribution in [0.2, 0.25) is 0 Å². The topological polar surface area (TPSA) is 35.2 Å². The lowest BCUT2D eigenvalue weighted by Crippen LogP contribution is -2.16. The third-order valence-electron chi connectivity index (χ3n) is 2.50. The summed E-state index contributed by atoms with van der Waals surface area (Å²) in [6, 6.07) is 4.65. The summed E-state index contributed by atoms with van der Waals surface area (Å²) in [6.45, 7) is 5.85. The van der Waals surface area contributed by atoms with Crippen LogP contribution in [-0.2, 0) is 0 Å². The Kier molecular flexibility index (Phi) is 4.74. The van der Waals surface area contributed by atoms with Crippen LogP contribution in [0.1, 0.15) is 45.2 Å². The number of halogens is 1. The van der Waals surface area contributed by atoms with Gasteiger partial charge < -0.3 is 10.5 Å². The Bertz CT molecular complexity index is 339. The minimum absolute atomic E-state index is 0.0133. The van der Waals surface area contributed by atoms with Crippen molar-refractivity contribution in [2.45, 2.75) is 45.8 Å². The minimum atomic E-state index is -0.335. The minimum Gasteiger partial charge on any atom is -0.487 e. The molecule has 16 heavy (non-hydrogen) atoms. The van der Waals surface area contributed by atoms with Crippen molar-refractivity contribution in [3.05, 3.63) is 29.6 Å². The van der Waals surface area contributed by atoms with E-state index < -0.39 is 0 Å². The first-order valence-corrected chi connectivity index (χ1v) is 5.76. The normalized spacial score (nSPS) is 14.6. The van der Waals surface area contributed by atoms with Gasteiger partial charge in [0.25, 0.3) is 0 Å². The van der Waals surface area contributed by atoms with E-state index in [1.807, 2.05) is 19.9 Å². The third-order valence-corrected chi connectivity index (χ3v) is 2.50. The standard InChI is InChI=1S/C13H20FNO/c1-4-6-9(2)16-13-11(10(3)15)7-5-8-12(13)14/h5,7-10H,4,6,15H2,1-3H3/t9?,10-/m0/s1. The van der Waals surface area contributed by atoms with Gasteiger partial charge in [-0.3, -0.25) is 0 Å². The third kappa shape index (κ3) is 3.20. The zero-order valence-corrected chi connectivity index (χ0v) is 10.2. The number of para-hydroxylation sites is 1. The van der Waals surface area contributed by atoms with Crippen molar-refractivity contribution in [2.24, 2.45) is 5.73 Å². The molecule has 0 radical (unpaired) electrons. The molecule has 1 aromatic carbocycles. The molecule has 0 spiro atoms. The number of hydrogen-bond acceptors (Lipinski definition) is 2. The number of rotatable bonds is 5. The summed E-state index contributed by atoms with van der Waals surface area (Å²) in [5.41, 5.74) is 6.51. The van der Waals surface area contributed by atoms with Gasteiger partial charge in [0.1, 0.15) is 0 Å². The molecule has 0 aromatic heterocycles. The quantitative estimate of drug-likeness (QED) is 0.833. The Morgan fingerprint density at radius 2 is 2.06 bits per heavy atom. The zero-order chi connectivity index (χ0) is 12.1. The Labute approximate surface area is 96.6 Å². The van der Waals surface area contributed by atoms with Crippen molar-refractivity contribution in [3.8, 4) is 5.75 Å². The average Bonchev–Trinajstić information content (AvgIpc) is 2.21. The van der Waals surface area contributed by atoms with Crippen LogP contribution in [0.25, 0.3) is 0 Å². The summed E-state index contributed by atoms with van der Waals surface area (Å²) in [5.74, 6) is -0.0313. The van der Waals surface area contributed by atoms with Crippen molar-refractivity contribution in [3.63, 3.8) is 0 Å². The lowest BCUT2D eigenvalue weighted by molar-refractivity contribution is 0.198. The van der Waals surface area contributed by atoms with Gasteiger partial charge in [0.05, 0.1) is 6.10 Å². The maximum atomic E-state index is 13.6. The fraction of sp³-hybridized carbons (Fsp3) is 0.538. The van der Waals surface area contributed by atoms with Crippen LogP contribution in [0.4, 0.5) is 4.39 Å². The summed E-state index contributed by atoms with van der Waals surface area (Å²) in [7, 11) is 0. The van der Waals surface area contributed by atoms with Crippen molar-refractivity contribution in [1.82, 2.24) is 0 Å². The molecule has 0 aliphatic heterocycles. The lowest BCUT2D eigenvalue weighted by Gasteiger charge is -2.19. The second-order valence-corrected chi connectivity index (χ2v) is 4.16. The number of nitrogens with two attached hydrogens (primary N) is 1. The van der Waals surface area contributed by atoms with E-state index in [0.717, 1.165) is 18.4 Å². The van der Waals surface area contributed by atoms with Crippen LogP contribution in [0.3, 0.4) is 0 Å². The van der Waals surface area contributed by atoms with Crippen LogP contribution >= 0.6 is 0 Å². The SMILES string of the molecule is CCCC(C)Oc1c(F)cccc1[C@H](C)N. The lowest BCUT2D eigenvalue weighted by atomic mass is 10.1. The van der Waals surface area contributed by atoms with Crippen LogP contribution in [-0.4, -0.2) is 6.10 Å². The van der Waals surface area contributed by atoms with E-state index in [1.165, 1.54) is 6.07 Å². The summed E-state index contributed by atoms with van der Waals surface area (Å²) >= 11 is 0. The maximum Gasteiger partial charge on any atom is 0.165 e. The predicted octanol–water partition coefficient (Wildman–Crippen LogP) is 3.41. The highest BCUT2D eigenvalue weighted by Crippen LogP contribution is 2.28. The Morgan fingerprint density at radius 1 is 1.38 bits per heavy atom. The molecular weight excluding hydrogens is 205 g/mol. The highest BCUT2D eigenvalue weighted by atomic mass is 19.1. The summed E-state index contributed by atoms with van der Waals surface area (Å²) in [5, 5.41) is 0. The average molecular weight is 225 g/mol. The van der Waals surface area contributed by atoms with E-state index in [2.05, 4.69) is 6.92 Å². The summed E-state index contributed by atoms with van der Waals surface area (Å²) in [6.07, 6.45) is 1.94. The first-order chi connectivity index (χ1) is 7.56. The van der Waals surface area contributed by atoms with Crippen LogP contribution < -0.4 is 10.5 Å². The molecule has 0 bridgehead atoms. The van der Waals surface area contributed by atoms with Gasteiger partial charge in [-0.1, -0.05) is 25.5 Å². The first kappa shape index (κ1) is 13.0. The summed E-state index contributed by atoms with van der Waals surface area (Å²) in [4.78, 5) is 0. The molecule has 0 aliphatic carbocycles. The van der Waals surface area contributed by atoms with Gasteiger partial charge in [-0.2, -0.15) is 0 Å². The predicted molar refractivity (Wildman–Crippen MR) is 64.0 cm³/mol. The van der Waals surface area contributed by atoms with E-state index in [-0.39, 0.29) is 18.0 Å². The molecule has 0 aliphatic rings. The first-order valence-electron chi connectivity index (χ1n) is 5.76. The fourth-order valence-electron chi connectivity index (χ4n) is 1.68. The van der Waals surface area contributed by atoms with Crippen LogP contribution in [0.15, 0.2) is 18.2 Å². The smallest absolute Gasteiger partial charge is 0.165 e. The van der Waals surface area contributed by atoms with Gasteiger partial charge in [0, 0.05) is 11.6 Å². The van der Waals surface area contributed by atoms with E-state index in [9.17, 15) is 4.39 Å². The van der Waals surface area contributed by atoms with Gasteiger partial charge in [0.15, 0.2) is 11.6 Å². The van der Waals surface area contributed by atoms with Gasteiger partial charge in [-0.25, -0.2) is 4.39 Å². The number of benzene rings is 1. The van der Waals surface area contributed by atoms with Crippen molar-refractivity contribution >= 4 is 0 Å². The molecule has 90 valence electrons. The van der Waals surface area contributed by atoms with Crippen molar-refractivity contribution in [2.75, 3.05) is 0 Å². The number of hydrogen-bond donors (Lipinski definition) is 1. The van der Waals surface area contributed by atoms with Crippen molar-refractivity contribution < 1.29 is 9.13 Å². The van der Waals surface area contributed by atoms with E-state index in [1.54, 1.807) is 6.07 Å². The molecule has 0 amide bonds. The fourth-order valence-corrected chi connectivity index (χ4v) is 1.68. The van der Waals surface area contributed by atoms with Crippen LogP contribution in [0, 0.1) is 5.82 Å². The highest BCUT2D eigenvalue weighted by Gasteiger charge is 2.15. The monoisotopic (exact) mass is 225 g/mol. The Hall–Kier alpha value is -1.09. The van der Waals surface area contributed by atoms with E-state index >= 15 is 0 Å². The summed E-state index contributed by atoms with van der Waals surface area (Å²) < 4.78 is 19.3. The van der Waals surface area contributed by atoms with Gasteiger partial charge in [-0.15, -0.1) is 0 Å². The molecule has 2 N–H and O–H groups in total. The van der Waals surface area contributed by atoms with Gasteiger partial charge in [-0.05, 0) is 26.3 Å². The van der Waals surface area contributed by atoms with Gasteiger partial charge >= 0.3 is 0 Å². The molecule has 0 saturated heterocycles. The van der Waals surface area contributed by atoms with E-state index in [0.29, 0.717) is 5.75 Å². The molecule has 1 aromatic rings. The molecule has 2 atom stereocenters. The Balaban J connectivity index is 2.92. The molecule has 2 nitrogen and oxygen atoms in total. The Morgan fingerprint density at radius 3 is 2.62 bits per heavy atom. The van der Waals surface area contributed by atoms with Crippen molar-refractivity contribution in [1.29, 1.82) is 0 Å². The molecule has 0 heterocycles. The zero-order valence-electron chi connectivity index (χ0n) is 10.2. The maximum absolute atomic E-state index is 13.6. The second kappa shape index (κ2) is 5.85. The molecular formula is C13H20FNO. The van der Waals surface area contributed by atoms with Gasteiger partial charge in [0.2, 0.25) is 0 Å².